The van der Waals surface area contributed by atoms with Crippen molar-refractivity contribution >= 4 is 35.0 Å². The van der Waals surface area contributed by atoms with Crippen molar-refractivity contribution in [1.82, 2.24) is 4.90 Å². The lowest BCUT2D eigenvalue weighted by atomic mass is 9.76. The van der Waals surface area contributed by atoms with Gasteiger partial charge < -0.3 is 15.4 Å². The minimum absolute atomic E-state index is 0.0383. The van der Waals surface area contributed by atoms with Crippen LogP contribution in [0.15, 0.2) is 42.5 Å². The largest absolute Gasteiger partial charge is 0.493 e. The number of carbonyl (C=O) groups is 2. The molecule has 2 N–H and O–H groups in total. The van der Waals surface area contributed by atoms with Crippen molar-refractivity contribution in [1.29, 1.82) is 0 Å². The zero-order valence-corrected chi connectivity index (χ0v) is 17.8. The molecule has 3 rings (SSSR count). The van der Waals surface area contributed by atoms with Crippen LogP contribution >= 0.6 is 23.2 Å². The van der Waals surface area contributed by atoms with E-state index in [0.717, 1.165) is 5.56 Å². The molecule has 0 atom stereocenters. The van der Waals surface area contributed by atoms with E-state index in [1.54, 1.807) is 35.2 Å². The van der Waals surface area contributed by atoms with Crippen LogP contribution in [0.4, 0.5) is 0 Å². The Kier molecular flexibility index (Phi) is 6.70. The van der Waals surface area contributed by atoms with E-state index >= 15 is 0 Å². The van der Waals surface area contributed by atoms with Crippen LogP contribution in [-0.4, -0.2) is 36.4 Å². The lowest BCUT2D eigenvalue weighted by Crippen LogP contribution is -2.47. The van der Waals surface area contributed by atoms with Gasteiger partial charge in [-0.25, -0.2) is 0 Å². The molecule has 2 aromatic carbocycles. The third-order valence-corrected chi connectivity index (χ3v) is 6.10. The van der Waals surface area contributed by atoms with Crippen LogP contribution in [0, 0.1) is 12.3 Å². The molecule has 2 aromatic rings. The van der Waals surface area contributed by atoms with Crippen molar-refractivity contribution in [2.45, 2.75) is 26.2 Å². The van der Waals surface area contributed by atoms with E-state index in [9.17, 15) is 9.59 Å². The number of carbonyl (C=O) groups excluding carboxylic acids is 2. The second-order valence-electron chi connectivity index (χ2n) is 7.64. The molecule has 154 valence electrons. The minimum Gasteiger partial charge on any atom is -0.493 e. The van der Waals surface area contributed by atoms with E-state index in [4.69, 9.17) is 33.7 Å². The molecule has 1 aliphatic heterocycles. The van der Waals surface area contributed by atoms with Crippen molar-refractivity contribution < 1.29 is 14.3 Å². The molecule has 7 heteroatoms. The third kappa shape index (κ3) is 5.43. The Balaban J connectivity index is 1.66. The fourth-order valence-electron chi connectivity index (χ4n) is 3.64. The maximum atomic E-state index is 12.7. The van der Waals surface area contributed by atoms with E-state index in [-0.39, 0.29) is 18.2 Å². The monoisotopic (exact) mass is 434 g/mol. The first-order valence-corrected chi connectivity index (χ1v) is 10.3. The average molecular weight is 435 g/mol. The summed E-state index contributed by atoms with van der Waals surface area (Å²) in [6, 6.07) is 12.3. The molecule has 0 radical (unpaired) electrons. The van der Waals surface area contributed by atoms with Gasteiger partial charge in [0.15, 0.2) is 0 Å². The van der Waals surface area contributed by atoms with Gasteiger partial charge >= 0.3 is 0 Å². The number of primary amides is 1. The lowest BCUT2D eigenvalue weighted by molar-refractivity contribution is -0.121. The van der Waals surface area contributed by atoms with Crippen molar-refractivity contribution in [2.75, 3.05) is 19.7 Å². The minimum atomic E-state index is -0.393. The summed E-state index contributed by atoms with van der Waals surface area (Å²) in [4.78, 5) is 26.2. The van der Waals surface area contributed by atoms with Gasteiger partial charge in [0.1, 0.15) is 5.75 Å². The Bertz CT molecular complexity index is 891. The number of amides is 2. The van der Waals surface area contributed by atoms with Gasteiger partial charge in [-0.15, -0.1) is 0 Å². The van der Waals surface area contributed by atoms with Crippen LogP contribution in [0.2, 0.25) is 10.0 Å². The highest BCUT2D eigenvalue weighted by Gasteiger charge is 2.38. The molecular weight excluding hydrogens is 411 g/mol. The summed E-state index contributed by atoms with van der Waals surface area (Å²) in [6.07, 6.45) is 1.51. The number of hydrogen-bond donors (Lipinski definition) is 1. The van der Waals surface area contributed by atoms with Crippen molar-refractivity contribution in [3.63, 3.8) is 0 Å². The number of aryl methyl sites for hydroxylation is 1. The number of halogens is 2. The maximum absolute atomic E-state index is 12.7. The average Bonchev–Trinajstić information content (AvgIpc) is 2.69. The highest BCUT2D eigenvalue weighted by atomic mass is 35.5. The number of ether oxygens (including phenoxy) is 1. The quantitative estimate of drug-likeness (QED) is 0.727. The molecule has 0 saturated carbocycles. The molecule has 2 amide bonds. The van der Waals surface area contributed by atoms with Crippen LogP contribution in [0.5, 0.6) is 5.75 Å². The first-order chi connectivity index (χ1) is 13.8. The van der Waals surface area contributed by atoms with Crippen LogP contribution in [0.1, 0.15) is 35.2 Å². The zero-order chi connectivity index (χ0) is 21.0. The summed E-state index contributed by atoms with van der Waals surface area (Å²) in [5, 5.41) is 1.27. The zero-order valence-electron chi connectivity index (χ0n) is 16.3. The fraction of sp³-hybridized carbons (Fsp3) is 0.364. The van der Waals surface area contributed by atoms with E-state index in [0.29, 0.717) is 53.9 Å². The van der Waals surface area contributed by atoms with Crippen molar-refractivity contribution in [3.8, 4) is 5.75 Å². The summed E-state index contributed by atoms with van der Waals surface area (Å²) in [5.74, 6) is 0.303. The molecule has 0 aromatic heterocycles. The smallest absolute Gasteiger partial charge is 0.253 e. The van der Waals surface area contributed by atoms with E-state index in [1.807, 2.05) is 19.1 Å². The molecule has 0 bridgehead atoms. The standard InChI is InChI=1S/C22H24Cl2N2O3/c1-15-12-18(6-7-19(15)24)29-14-22(13-20(25)27)8-10-26(11-9-22)21(28)16-2-4-17(23)5-3-16/h2-7,12H,8-11,13-14H2,1H3,(H2,25,27). The molecule has 0 aliphatic carbocycles. The van der Waals surface area contributed by atoms with Crippen LogP contribution in [-0.2, 0) is 4.79 Å². The first kappa shape index (κ1) is 21.5. The number of benzene rings is 2. The van der Waals surface area contributed by atoms with Gasteiger partial charge in [0, 0.05) is 40.5 Å². The first-order valence-electron chi connectivity index (χ1n) is 9.50. The van der Waals surface area contributed by atoms with Gasteiger partial charge in [0.05, 0.1) is 6.61 Å². The normalized spacial score (nSPS) is 15.8. The number of nitrogens with two attached hydrogens (primary N) is 1. The van der Waals surface area contributed by atoms with Gasteiger partial charge in [0.25, 0.3) is 5.91 Å². The van der Waals surface area contributed by atoms with Crippen LogP contribution in [0.3, 0.4) is 0 Å². The van der Waals surface area contributed by atoms with E-state index < -0.39 is 5.41 Å². The maximum Gasteiger partial charge on any atom is 0.253 e. The summed E-state index contributed by atoms with van der Waals surface area (Å²) < 4.78 is 5.99. The molecular formula is C22H24Cl2N2O3. The second-order valence-corrected chi connectivity index (χ2v) is 8.49. The van der Waals surface area contributed by atoms with Gasteiger partial charge in [0.2, 0.25) is 5.91 Å². The second kappa shape index (κ2) is 9.06. The molecule has 1 heterocycles. The molecule has 1 aliphatic rings. The highest BCUT2D eigenvalue weighted by Crippen LogP contribution is 2.36. The molecule has 5 nitrogen and oxygen atoms in total. The SMILES string of the molecule is Cc1cc(OCC2(CC(N)=O)CCN(C(=O)c3ccc(Cl)cc3)CC2)ccc1Cl. The number of piperidine rings is 1. The van der Waals surface area contributed by atoms with Gasteiger partial charge in [-0.3, -0.25) is 9.59 Å². The summed E-state index contributed by atoms with van der Waals surface area (Å²) in [7, 11) is 0. The number of hydrogen-bond acceptors (Lipinski definition) is 3. The van der Waals surface area contributed by atoms with Gasteiger partial charge in [-0.05, 0) is 67.8 Å². The van der Waals surface area contributed by atoms with E-state index in [2.05, 4.69) is 0 Å². The summed E-state index contributed by atoms with van der Waals surface area (Å²) in [6.45, 7) is 3.35. The lowest BCUT2D eigenvalue weighted by Gasteiger charge is -2.41. The predicted molar refractivity (Wildman–Crippen MR) is 115 cm³/mol. The molecule has 0 unspecified atom stereocenters. The highest BCUT2D eigenvalue weighted by molar-refractivity contribution is 6.31. The van der Waals surface area contributed by atoms with E-state index in [1.165, 1.54) is 0 Å². The summed E-state index contributed by atoms with van der Waals surface area (Å²) in [5.41, 5.74) is 6.65. The molecule has 0 spiro atoms. The van der Waals surface area contributed by atoms with Crippen molar-refractivity contribution in [2.24, 2.45) is 11.1 Å². The summed E-state index contributed by atoms with van der Waals surface area (Å²) >= 11 is 12.0. The number of nitrogens with zero attached hydrogens (tertiary/aromatic N) is 1. The van der Waals surface area contributed by atoms with Crippen LogP contribution < -0.4 is 10.5 Å². The number of likely N-dealkylation sites (tertiary alicyclic amines) is 1. The Hall–Kier alpha value is -2.24. The number of rotatable bonds is 6. The Morgan fingerprint density at radius 3 is 2.34 bits per heavy atom. The van der Waals surface area contributed by atoms with Crippen molar-refractivity contribution in [3.05, 3.63) is 63.6 Å². The fourth-order valence-corrected chi connectivity index (χ4v) is 3.89. The Labute approximate surface area is 180 Å². The topological polar surface area (TPSA) is 72.6 Å². The predicted octanol–water partition coefficient (Wildman–Crippen LogP) is 4.48. The van der Waals surface area contributed by atoms with Gasteiger partial charge in [-0.1, -0.05) is 23.2 Å². The molecule has 29 heavy (non-hydrogen) atoms. The third-order valence-electron chi connectivity index (χ3n) is 5.43. The van der Waals surface area contributed by atoms with Gasteiger partial charge in [-0.2, -0.15) is 0 Å². The van der Waals surface area contributed by atoms with Crippen LogP contribution in [0.25, 0.3) is 0 Å². The molecule has 1 fully saturated rings. The Morgan fingerprint density at radius 2 is 1.76 bits per heavy atom. The Morgan fingerprint density at radius 1 is 1.10 bits per heavy atom. The molecule has 1 saturated heterocycles.